The maximum absolute atomic E-state index is 11.7. The van der Waals surface area contributed by atoms with Crippen LogP contribution in [0.3, 0.4) is 0 Å². The molecule has 2 N–H and O–H groups in total. The Hall–Kier alpha value is -2.34. The second-order valence-corrected chi connectivity index (χ2v) is 6.16. The maximum atomic E-state index is 11.7. The number of aromatic nitrogens is 1. The molecule has 0 aliphatic carbocycles. The zero-order valence-electron chi connectivity index (χ0n) is 14.0. The van der Waals surface area contributed by atoms with Crippen LogP contribution in [0.1, 0.15) is 37.0 Å². The number of amides is 1. The van der Waals surface area contributed by atoms with Crippen LogP contribution in [0, 0.1) is 0 Å². The lowest BCUT2D eigenvalue weighted by Gasteiger charge is -2.16. The Balaban J connectivity index is 1.95. The van der Waals surface area contributed by atoms with E-state index in [0.717, 1.165) is 30.2 Å². The number of carbonyl (C=O) groups is 1. The van der Waals surface area contributed by atoms with Crippen LogP contribution in [0.15, 0.2) is 24.4 Å². The summed E-state index contributed by atoms with van der Waals surface area (Å²) >= 11 is 0. The molecule has 1 saturated heterocycles. The van der Waals surface area contributed by atoms with Crippen molar-refractivity contribution in [2.24, 2.45) is 5.73 Å². The molecule has 3 rings (SSSR count). The molecule has 1 aliphatic rings. The molecule has 2 heterocycles. The van der Waals surface area contributed by atoms with Gasteiger partial charge in [0.25, 0.3) is 5.91 Å². The van der Waals surface area contributed by atoms with Crippen molar-refractivity contribution in [1.82, 2.24) is 4.98 Å². The van der Waals surface area contributed by atoms with Gasteiger partial charge in [-0.25, -0.2) is 4.98 Å². The largest absolute Gasteiger partial charge is 0.490 e. The first-order valence-corrected chi connectivity index (χ1v) is 8.18. The zero-order chi connectivity index (χ0) is 17.1. The Bertz CT molecular complexity index is 739. The number of pyridine rings is 1. The minimum absolute atomic E-state index is 0.0755. The van der Waals surface area contributed by atoms with E-state index < -0.39 is 5.91 Å². The standard InChI is InChI=1S/C18H22N2O4/c1-11(2)24-16-9-14-12(8-15(16)17(19)21)5-6-20-18(14)23-10-13-4-3-7-22-13/h5-6,8-9,11,13H,3-4,7,10H2,1-2H3,(H2,19,21)/t13-/m1/s1. The highest BCUT2D eigenvalue weighted by Crippen LogP contribution is 2.31. The van der Waals surface area contributed by atoms with Crippen LogP contribution in [0.4, 0.5) is 0 Å². The molecular weight excluding hydrogens is 308 g/mol. The second kappa shape index (κ2) is 7.05. The van der Waals surface area contributed by atoms with E-state index >= 15 is 0 Å². The van der Waals surface area contributed by atoms with Gasteiger partial charge < -0.3 is 19.9 Å². The van der Waals surface area contributed by atoms with E-state index in [2.05, 4.69) is 4.98 Å². The molecule has 0 saturated carbocycles. The highest BCUT2D eigenvalue weighted by atomic mass is 16.5. The van der Waals surface area contributed by atoms with E-state index in [-0.39, 0.29) is 12.2 Å². The first-order chi connectivity index (χ1) is 11.5. The number of fused-ring (bicyclic) bond motifs is 1. The first-order valence-electron chi connectivity index (χ1n) is 8.18. The average molecular weight is 330 g/mol. The highest BCUT2D eigenvalue weighted by Gasteiger charge is 2.18. The number of hydrogen-bond acceptors (Lipinski definition) is 5. The summed E-state index contributed by atoms with van der Waals surface area (Å²) in [5.41, 5.74) is 5.83. The number of benzene rings is 1. The van der Waals surface area contributed by atoms with Gasteiger partial charge >= 0.3 is 0 Å². The number of ether oxygens (including phenoxy) is 3. The summed E-state index contributed by atoms with van der Waals surface area (Å²) in [5.74, 6) is 0.429. The maximum Gasteiger partial charge on any atom is 0.252 e. The van der Waals surface area contributed by atoms with Crippen molar-refractivity contribution in [3.8, 4) is 11.6 Å². The number of primary amides is 1. The fourth-order valence-electron chi connectivity index (χ4n) is 2.78. The topological polar surface area (TPSA) is 83.7 Å². The lowest BCUT2D eigenvalue weighted by molar-refractivity contribution is 0.0669. The summed E-state index contributed by atoms with van der Waals surface area (Å²) in [6.07, 6.45) is 3.75. The van der Waals surface area contributed by atoms with Gasteiger partial charge in [-0.15, -0.1) is 0 Å². The van der Waals surface area contributed by atoms with Gasteiger partial charge in [-0.3, -0.25) is 4.79 Å². The van der Waals surface area contributed by atoms with Crippen LogP contribution in [0.5, 0.6) is 11.6 Å². The van der Waals surface area contributed by atoms with Gasteiger partial charge in [0.1, 0.15) is 12.4 Å². The Morgan fingerprint density at radius 3 is 2.96 bits per heavy atom. The molecule has 0 unspecified atom stereocenters. The van der Waals surface area contributed by atoms with Gasteiger partial charge in [-0.1, -0.05) is 0 Å². The molecule has 1 aliphatic heterocycles. The van der Waals surface area contributed by atoms with Gasteiger partial charge in [-0.05, 0) is 50.3 Å². The van der Waals surface area contributed by atoms with Crippen LogP contribution in [0.2, 0.25) is 0 Å². The Morgan fingerprint density at radius 1 is 1.46 bits per heavy atom. The number of nitrogens with zero attached hydrogens (tertiary/aromatic N) is 1. The molecule has 6 nitrogen and oxygen atoms in total. The molecular formula is C18H22N2O4. The third-order valence-electron chi connectivity index (χ3n) is 3.89. The molecule has 1 amide bonds. The Kier molecular flexibility index (Phi) is 4.85. The molecule has 24 heavy (non-hydrogen) atoms. The second-order valence-electron chi connectivity index (χ2n) is 6.16. The van der Waals surface area contributed by atoms with Gasteiger partial charge in [0.15, 0.2) is 0 Å². The number of hydrogen-bond donors (Lipinski definition) is 1. The van der Waals surface area contributed by atoms with E-state index in [1.807, 2.05) is 19.9 Å². The molecule has 1 atom stereocenters. The molecule has 0 radical (unpaired) electrons. The minimum atomic E-state index is -0.522. The summed E-state index contributed by atoms with van der Waals surface area (Å²) < 4.78 is 17.2. The summed E-state index contributed by atoms with van der Waals surface area (Å²) in [6, 6.07) is 5.31. The van der Waals surface area contributed by atoms with Crippen molar-refractivity contribution < 1.29 is 19.0 Å². The van der Waals surface area contributed by atoms with E-state index in [4.69, 9.17) is 19.9 Å². The van der Waals surface area contributed by atoms with Gasteiger partial charge in [0, 0.05) is 18.2 Å². The zero-order valence-corrected chi connectivity index (χ0v) is 14.0. The monoisotopic (exact) mass is 330 g/mol. The molecule has 1 aromatic carbocycles. The molecule has 0 spiro atoms. The van der Waals surface area contributed by atoms with Crippen LogP contribution < -0.4 is 15.2 Å². The lowest BCUT2D eigenvalue weighted by atomic mass is 10.1. The predicted molar refractivity (Wildman–Crippen MR) is 90.5 cm³/mol. The van der Waals surface area contributed by atoms with E-state index in [0.29, 0.717) is 23.8 Å². The Labute approximate surface area is 140 Å². The van der Waals surface area contributed by atoms with Crippen molar-refractivity contribution >= 4 is 16.7 Å². The number of rotatable bonds is 6. The van der Waals surface area contributed by atoms with E-state index in [1.165, 1.54) is 0 Å². The molecule has 1 fully saturated rings. The van der Waals surface area contributed by atoms with Crippen molar-refractivity contribution in [1.29, 1.82) is 0 Å². The van der Waals surface area contributed by atoms with Gasteiger partial charge in [-0.2, -0.15) is 0 Å². The van der Waals surface area contributed by atoms with Crippen LogP contribution in [0.25, 0.3) is 10.8 Å². The first kappa shape index (κ1) is 16.5. The number of nitrogens with two attached hydrogens (primary N) is 1. The van der Waals surface area contributed by atoms with Gasteiger partial charge in [0.2, 0.25) is 5.88 Å². The number of carbonyl (C=O) groups excluding carboxylic acids is 1. The molecule has 1 aromatic heterocycles. The predicted octanol–water partition coefficient (Wildman–Crippen LogP) is 2.68. The fourth-order valence-corrected chi connectivity index (χ4v) is 2.78. The van der Waals surface area contributed by atoms with Crippen LogP contribution in [-0.2, 0) is 4.74 Å². The van der Waals surface area contributed by atoms with Crippen molar-refractivity contribution in [3.63, 3.8) is 0 Å². The molecule has 128 valence electrons. The van der Waals surface area contributed by atoms with Crippen molar-refractivity contribution in [2.45, 2.75) is 38.9 Å². The molecule has 0 bridgehead atoms. The average Bonchev–Trinajstić information content (AvgIpc) is 3.05. The minimum Gasteiger partial charge on any atom is -0.490 e. The third-order valence-corrected chi connectivity index (χ3v) is 3.89. The van der Waals surface area contributed by atoms with E-state index in [1.54, 1.807) is 18.3 Å². The molecule has 2 aromatic rings. The Morgan fingerprint density at radius 2 is 2.29 bits per heavy atom. The van der Waals surface area contributed by atoms with E-state index in [9.17, 15) is 4.79 Å². The quantitative estimate of drug-likeness (QED) is 0.880. The van der Waals surface area contributed by atoms with Crippen LogP contribution >= 0.6 is 0 Å². The normalized spacial score (nSPS) is 17.4. The highest BCUT2D eigenvalue weighted by molar-refractivity contribution is 6.01. The lowest BCUT2D eigenvalue weighted by Crippen LogP contribution is -2.17. The summed E-state index contributed by atoms with van der Waals surface area (Å²) in [5, 5.41) is 1.62. The van der Waals surface area contributed by atoms with Crippen LogP contribution in [-0.4, -0.2) is 36.3 Å². The summed E-state index contributed by atoms with van der Waals surface area (Å²) in [7, 11) is 0. The summed E-state index contributed by atoms with van der Waals surface area (Å²) in [6.45, 7) is 5.04. The fraction of sp³-hybridized carbons (Fsp3) is 0.444. The van der Waals surface area contributed by atoms with Crippen molar-refractivity contribution in [3.05, 3.63) is 30.0 Å². The van der Waals surface area contributed by atoms with Crippen molar-refractivity contribution in [2.75, 3.05) is 13.2 Å². The third kappa shape index (κ3) is 3.59. The summed E-state index contributed by atoms with van der Waals surface area (Å²) in [4.78, 5) is 16.0. The SMILES string of the molecule is CC(C)Oc1cc2c(OC[C@H]3CCCO3)nccc2cc1C(N)=O. The van der Waals surface area contributed by atoms with Gasteiger partial charge in [0.05, 0.1) is 17.8 Å². The molecule has 6 heteroatoms. The smallest absolute Gasteiger partial charge is 0.252 e.